The Kier molecular flexibility index (Phi) is 2.89. The Morgan fingerprint density at radius 3 is 2.50 bits per heavy atom. The second kappa shape index (κ2) is 4.12. The summed E-state index contributed by atoms with van der Waals surface area (Å²) in [5, 5.41) is 9.25. The molecule has 0 aliphatic heterocycles. The van der Waals surface area contributed by atoms with Gasteiger partial charge < -0.3 is 9.67 Å². The normalized spacial score (nSPS) is 13.8. The number of carbonyl (C=O) groups is 1. The van der Waals surface area contributed by atoms with E-state index in [4.69, 9.17) is 0 Å². The van der Waals surface area contributed by atoms with E-state index in [1.807, 2.05) is 49.6 Å². The van der Waals surface area contributed by atoms with Crippen LogP contribution < -0.4 is 0 Å². The van der Waals surface area contributed by atoms with Crippen LogP contribution in [0.2, 0.25) is 0 Å². The third-order valence-electron chi connectivity index (χ3n) is 3.01. The van der Waals surface area contributed by atoms with Crippen LogP contribution in [0.5, 0.6) is 0 Å². The topological polar surface area (TPSA) is 55.1 Å². The van der Waals surface area contributed by atoms with Crippen molar-refractivity contribution in [1.29, 1.82) is 0 Å². The van der Waals surface area contributed by atoms with E-state index in [2.05, 4.69) is 4.98 Å². The second-order valence-corrected chi connectivity index (χ2v) is 5.56. The Bertz CT molecular complexity index is 593. The highest BCUT2D eigenvalue weighted by molar-refractivity contribution is 5.80. The molecule has 0 bridgehead atoms. The van der Waals surface area contributed by atoms with Gasteiger partial charge in [-0.1, -0.05) is 32.9 Å². The Morgan fingerprint density at radius 1 is 1.33 bits per heavy atom. The number of aromatic nitrogens is 2. The fraction of sp³-hybridized carbons (Fsp3) is 0.429. The summed E-state index contributed by atoms with van der Waals surface area (Å²) in [4.78, 5) is 15.9. The molecule has 0 saturated heterocycles. The van der Waals surface area contributed by atoms with Gasteiger partial charge in [0.2, 0.25) is 0 Å². The van der Waals surface area contributed by atoms with Crippen LogP contribution in [0.15, 0.2) is 24.3 Å². The number of hydrogen-bond donors (Lipinski definition) is 1. The molecule has 18 heavy (non-hydrogen) atoms. The molecule has 0 spiro atoms. The molecule has 0 saturated carbocycles. The predicted octanol–water partition coefficient (Wildman–Crippen LogP) is 2.98. The molecular formula is C14H18N2O2. The fourth-order valence-corrected chi connectivity index (χ4v) is 2.08. The molecule has 4 nitrogen and oxygen atoms in total. The third-order valence-corrected chi connectivity index (χ3v) is 3.01. The average molecular weight is 246 g/mol. The van der Waals surface area contributed by atoms with Crippen LogP contribution in [0, 0.1) is 0 Å². The number of imidazole rings is 1. The number of rotatable bonds is 2. The smallest absolute Gasteiger partial charge is 0.326 e. The number of hydrogen-bond acceptors (Lipinski definition) is 2. The summed E-state index contributed by atoms with van der Waals surface area (Å²) in [6.45, 7) is 7.81. The molecule has 1 aromatic carbocycles. The van der Waals surface area contributed by atoms with Crippen molar-refractivity contribution in [3.05, 3.63) is 30.1 Å². The number of benzene rings is 1. The molecule has 0 aliphatic carbocycles. The molecule has 96 valence electrons. The maximum Gasteiger partial charge on any atom is 0.326 e. The van der Waals surface area contributed by atoms with E-state index in [1.165, 1.54) is 0 Å². The van der Waals surface area contributed by atoms with Crippen molar-refractivity contribution in [2.24, 2.45) is 0 Å². The Balaban J connectivity index is 2.77. The quantitative estimate of drug-likeness (QED) is 0.886. The lowest BCUT2D eigenvalue weighted by Crippen LogP contribution is -2.24. The molecule has 0 fully saturated rings. The highest BCUT2D eigenvalue weighted by atomic mass is 16.4. The van der Waals surface area contributed by atoms with Gasteiger partial charge in [0.1, 0.15) is 11.9 Å². The lowest BCUT2D eigenvalue weighted by Gasteiger charge is -2.22. The SMILES string of the molecule is CC(C(=O)O)n1c(C(C)(C)C)nc2ccccc21. The summed E-state index contributed by atoms with van der Waals surface area (Å²) >= 11 is 0. The summed E-state index contributed by atoms with van der Waals surface area (Å²) in [6.07, 6.45) is 0. The first kappa shape index (κ1) is 12.6. The molecule has 1 N–H and O–H groups in total. The summed E-state index contributed by atoms with van der Waals surface area (Å²) < 4.78 is 1.82. The van der Waals surface area contributed by atoms with Gasteiger partial charge in [-0.2, -0.15) is 0 Å². The van der Waals surface area contributed by atoms with Crippen molar-refractivity contribution in [3.63, 3.8) is 0 Å². The highest BCUT2D eigenvalue weighted by Gasteiger charge is 2.27. The van der Waals surface area contributed by atoms with Gasteiger partial charge in [0.25, 0.3) is 0 Å². The molecule has 2 rings (SSSR count). The summed E-state index contributed by atoms with van der Waals surface area (Å²) in [6, 6.07) is 7.03. The molecule has 0 amide bonds. The van der Waals surface area contributed by atoms with Gasteiger partial charge in [0.05, 0.1) is 11.0 Å². The largest absolute Gasteiger partial charge is 0.480 e. The minimum absolute atomic E-state index is 0.192. The summed E-state index contributed by atoms with van der Waals surface area (Å²) in [5.74, 6) is -0.0396. The van der Waals surface area contributed by atoms with Crippen LogP contribution >= 0.6 is 0 Å². The molecule has 1 atom stereocenters. The van der Waals surface area contributed by atoms with Gasteiger partial charge in [-0.25, -0.2) is 9.78 Å². The molecule has 0 radical (unpaired) electrons. The van der Waals surface area contributed by atoms with Crippen LogP contribution in [0.3, 0.4) is 0 Å². The van der Waals surface area contributed by atoms with Crippen LogP contribution in [0.4, 0.5) is 0 Å². The van der Waals surface area contributed by atoms with E-state index in [0.29, 0.717) is 0 Å². The van der Waals surface area contributed by atoms with Crippen LogP contribution in [-0.2, 0) is 10.2 Å². The first-order valence-corrected chi connectivity index (χ1v) is 6.02. The van der Waals surface area contributed by atoms with Crippen LogP contribution in [-0.4, -0.2) is 20.6 Å². The standard InChI is InChI=1S/C14H18N2O2/c1-9(12(17)18)16-11-8-6-5-7-10(11)15-13(16)14(2,3)4/h5-9H,1-4H3,(H,17,18). The number of aliphatic carboxylic acids is 1. The molecule has 4 heteroatoms. The third kappa shape index (κ3) is 1.98. The van der Waals surface area contributed by atoms with E-state index < -0.39 is 12.0 Å². The molecular weight excluding hydrogens is 228 g/mol. The molecule has 1 unspecified atom stereocenters. The lowest BCUT2D eigenvalue weighted by atomic mass is 9.95. The van der Waals surface area contributed by atoms with Crippen molar-refractivity contribution in [2.75, 3.05) is 0 Å². The minimum Gasteiger partial charge on any atom is -0.480 e. The number of nitrogens with zero attached hydrogens (tertiary/aromatic N) is 2. The van der Waals surface area contributed by atoms with Crippen molar-refractivity contribution >= 4 is 17.0 Å². The van der Waals surface area contributed by atoms with Crippen molar-refractivity contribution < 1.29 is 9.90 Å². The average Bonchev–Trinajstić information content (AvgIpc) is 2.66. The molecule has 1 heterocycles. The number of carboxylic acids is 1. The predicted molar refractivity (Wildman–Crippen MR) is 70.8 cm³/mol. The Morgan fingerprint density at radius 2 is 1.94 bits per heavy atom. The van der Waals surface area contributed by atoms with Crippen LogP contribution in [0.1, 0.15) is 39.6 Å². The first-order valence-electron chi connectivity index (χ1n) is 6.02. The maximum atomic E-state index is 11.3. The zero-order valence-corrected chi connectivity index (χ0v) is 11.1. The van der Waals surface area contributed by atoms with Crippen molar-refractivity contribution in [3.8, 4) is 0 Å². The van der Waals surface area contributed by atoms with E-state index in [0.717, 1.165) is 16.9 Å². The first-order chi connectivity index (χ1) is 8.32. The van der Waals surface area contributed by atoms with E-state index in [9.17, 15) is 9.90 Å². The van der Waals surface area contributed by atoms with Crippen molar-refractivity contribution in [1.82, 2.24) is 9.55 Å². The van der Waals surface area contributed by atoms with Gasteiger partial charge in [-0.05, 0) is 19.1 Å². The Hall–Kier alpha value is -1.84. The van der Waals surface area contributed by atoms with E-state index in [1.54, 1.807) is 6.92 Å². The van der Waals surface area contributed by atoms with Gasteiger partial charge in [0, 0.05) is 5.41 Å². The minimum atomic E-state index is -0.844. The number of para-hydroxylation sites is 2. The molecule has 0 aliphatic rings. The monoisotopic (exact) mass is 246 g/mol. The number of carboxylic acid groups (broad SMARTS) is 1. The van der Waals surface area contributed by atoms with E-state index in [-0.39, 0.29) is 5.41 Å². The van der Waals surface area contributed by atoms with Crippen LogP contribution in [0.25, 0.3) is 11.0 Å². The lowest BCUT2D eigenvalue weighted by molar-refractivity contribution is -0.140. The zero-order valence-electron chi connectivity index (χ0n) is 11.1. The van der Waals surface area contributed by atoms with Gasteiger partial charge in [0.15, 0.2) is 0 Å². The summed E-state index contributed by atoms with van der Waals surface area (Å²) in [5.41, 5.74) is 1.52. The highest BCUT2D eigenvalue weighted by Crippen LogP contribution is 2.29. The Labute approximate surface area is 106 Å². The van der Waals surface area contributed by atoms with Gasteiger partial charge >= 0.3 is 5.97 Å². The molecule has 2 aromatic rings. The van der Waals surface area contributed by atoms with E-state index >= 15 is 0 Å². The summed E-state index contributed by atoms with van der Waals surface area (Å²) in [7, 11) is 0. The van der Waals surface area contributed by atoms with Gasteiger partial charge in [-0.15, -0.1) is 0 Å². The maximum absolute atomic E-state index is 11.3. The van der Waals surface area contributed by atoms with Gasteiger partial charge in [-0.3, -0.25) is 0 Å². The van der Waals surface area contributed by atoms with Crippen molar-refractivity contribution in [2.45, 2.75) is 39.2 Å². The molecule has 1 aromatic heterocycles. The number of fused-ring (bicyclic) bond motifs is 1. The fourth-order valence-electron chi connectivity index (χ4n) is 2.08. The second-order valence-electron chi connectivity index (χ2n) is 5.56. The zero-order chi connectivity index (χ0) is 13.5.